The monoisotopic (exact) mass is 513 g/mol. The summed E-state index contributed by atoms with van der Waals surface area (Å²) in [6, 6.07) is 28.1. The number of fused-ring (bicyclic) bond motifs is 1. The van der Waals surface area contributed by atoms with Crippen LogP contribution in [0.3, 0.4) is 0 Å². The molecule has 0 aliphatic rings. The van der Waals surface area contributed by atoms with E-state index >= 15 is 0 Å². The molecule has 0 saturated heterocycles. The van der Waals surface area contributed by atoms with Gasteiger partial charge in [-0.2, -0.15) is 10.1 Å². The quantitative estimate of drug-likeness (QED) is 0.238. The lowest BCUT2D eigenvalue weighted by atomic mass is 10.1. The molecule has 0 amide bonds. The molecule has 0 spiro atoms. The molecule has 0 fully saturated rings. The topological polar surface area (TPSA) is 49.2 Å². The summed E-state index contributed by atoms with van der Waals surface area (Å²) >= 11 is 3.63. The maximum absolute atomic E-state index is 6.23. The maximum atomic E-state index is 6.23. The van der Waals surface area contributed by atoms with Crippen molar-refractivity contribution in [3.63, 3.8) is 0 Å². The Kier molecular flexibility index (Phi) is 6.32. The van der Waals surface area contributed by atoms with E-state index in [-0.39, 0.29) is 0 Å². The molecule has 0 N–H and O–H groups in total. The lowest BCUT2D eigenvalue weighted by Crippen LogP contribution is -2.02. The summed E-state index contributed by atoms with van der Waals surface area (Å²) in [5.74, 6) is 1.00. The van der Waals surface area contributed by atoms with E-state index in [9.17, 15) is 0 Å². The second-order valence-electron chi connectivity index (χ2n) is 8.09. The molecule has 6 heteroatoms. The molecule has 0 aliphatic heterocycles. The van der Waals surface area contributed by atoms with E-state index in [1.807, 2.05) is 84.5 Å². The molecular formula is C28H24BrN3O2. The minimum absolute atomic E-state index is 0.401. The van der Waals surface area contributed by atoms with Crippen molar-refractivity contribution >= 4 is 26.8 Å². The van der Waals surface area contributed by atoms with Crippen molar-refractivity contribution in [2.24, 2.45) is 7.05 Å². The molecule has 34 heavy (non-hydrogen) atoms. The molecule has 0 saturated carbocycles. The molecule has 0 atom stereocenters. The summed E-state index contributed by atoms with van der Waals surface area (Å²) in [5, 5.41) is 5.88. The Hall–Kier alpha value is -3.64. The smallest absolute Gasteiger partial charge is 0.226 e. The van der Waals surface area contributed by atoms with Crippen molar-refractivity contribution in [2.75, 3.05) is 0 Å². The molecule has 5 aromatic rings. The number of hydrogen-bond acceptors (Lipinski definition) is 4. The Morgan fingerprint density at radius 2 is 1.44 bits per heavy atom. The van der Waals surface area contributed by atoms with Gasteiger partial charge in [0, 0.05) is 23.0 Å². The zero-order valence-corrected chi connectivity index (χ0v) is 20.6. The van der Waals surface area contributed by atoms with E-state index in [2.05, 4.69) is 35.0 Å². The Bertz CT molecular complexity index is 1430. The van der Waals surface area contributed by atoms with E-state index in [1.54, 1.807) is 0 Å². The van der Waals surface area contributed by atoms with Gasteiger partial charge in [0.05, 0.1) is 11.1 Å². The van der Waals surface area contributed by atoms with Gasteiger partial charge in [0.25, 0.3) is 0 Å². The van der Waals surface area contributed by atoms with E-state index < -0.39 is 0 Å². The number of nitrogens with zero attached hydrogens (tertiary/aromatic N) is 3. The van der Waals surface area contributed by atoms with Crippen molar-refractivity contribution in [1.29, 1.82) is 0 Å². The van der Waals surface area contributed by atoms with Crippen LogP contribution in [0.4, 0.5) is 0 Å². The SMILES string of the molecule is Cc1c(Br)ccc2c(-c3ccc(OCc4ccccc4)nc3OCc3ccccc3)nn(C)c12. The van der Waals surface area contributed by atoms with Crippen LogP contribution < -0.4 is 9.47 Å². The summed E-state index contributed by atoms with van der Waals surface area (Å²) in [6.07, 6.45) is 0. The summed E-state index contributed by atoms with van der Waals surface area (Å²) in [7, 11) is 1.96. The molecule has 170 valence electrons. The van der Waals surface area contributed by atoms with E-state index in [0.29, 0.717) is 25.0 Å². The second-order valence-corrected chi connectivity index (χ2v) is 8.95. The highest BCUT2D eigenvalue weighted by Crippen LogP contribution is 2.37. The van der Waals surface area contributed by atoms with Crippen LogP contribution >= 0.6 is 15.9 Å². The Labute approximate surface area is 207 Å². The molecule has 0 radical (unpaired) electrons. The second kappa shape index (κ2) is 9.69. The third kappa shape index (κ3) is 4.54. The van der Waals surface area contributed by atoms with E-state index in [0.717, 1.165) is 43.3 Å². The largest absolute Gasteiger partial charge is 0.473 e. The first-order valence-electron chi connectivity index (χ1n) is 11.1. The van der Waals surface area contributed by atoms with E-state index in [4.69, 9.17) is 19.6 Å². The maximum Gasteiger partial charge on any atom is 0.226 e. The molecule has 2 heterocycles. The van der Waals surface area contributed by atoms with Gasteiger partial charge in [-0.25, -0.2) is 0 Å². The summed E-state index contributed by atoms with van der Waals surface area (Å²) in [6.45, 7) is 2.92. The van der Waals surface area contributed by atoms with Crippen molar-refractivity contribution in [2.45, 2.75) is 20.1 Å². The van der Waals surface area contributed by atoms with Crippen LogP contribution in [-0.4, -0.2) is 14.8 Å². The zero-order chi connectivity index (χ0) is 23.5. The highest BCUT2D eigenvalue weighted by Gasteiger charge is 2.19. The van der Waals surface area contributed by atoms with Crippen molar-refractivity contribution < 1.29 is 9.47 Å². The van der Waals surface area contributed by atoms with Crippen molar-refractivity contribution in [1.82, 2.24) is 14.8 Å². The average molecular weight is 514 g/mol. The minimum atomic E-state index is 0.401. The van der Waals surface area contributed by atoms with Gasteiger partial charge in [-0.15, -0.1) is 0 Å². The number of pyridine rings is 1. The predicted molar refractivity (Wildman–Crippen MR) is 138 cm³/mol. The van der Waals surface area contributed by atoms with Crippen LogP contribution in [0, 0.1) is 6.92 Å². The number of hydrogen-bond donors (Lipinski definition) is 0. The summed E-state index contributed by atoms with van der Waals surface area (Å²) < 4.78 is 15.2. The lowest BCUT2D eigenvalue weighted by molar-refractivity contribution is 0.268. The number of ether oxygens (including phenoxy) is 2. The van der Waals surface area contributed by atoms with Gasteiger partial charge in [0.2, 0.25) is 11.8 Å². The number of rotatable bonds is 7. The van der Waals surface area contributed by atoms with Gasteiger partial charge in [-0.3, -0.25) is 4.68 Å². The van der Waals surface area contributed by atoms with Crippen LogP contribution in [0.15, 0.2) is 89.4 Å². The lowest BCUT2D eigenvalue weighted by Gasteiger charge is -2.12. The normalized spacial score (nSPS) is 11.0. The van der Waals surface area contributed by atoms with Gasteiger partial charge in [0.1, 0.15) is 18.9 Å². The van der Waals surface area contributed by atoms with E-state index in [1.165, 1.54) is 0 Å². The molecule has 5 nitrogen and oxygen atoms in total. The molecular weight excluding hydrogens is 490 g/mol. The van der Waals surface area contributed by atoms with Crippen molar-refractivity contribution in [3.8, 4) is 23.0 Å². The standard InChI is InChI=1S/C28H24BrN3O2/c1-19-24(29)15-13-22-26(31-32(2)27(19)22)23-14-16-25(33-17-20-9-5-3-6-10-20)30-28(23)34-18-21-11-7-4-8-12-21/h3-16H,17-18H2,1-2H3. The van der Waals surface area contributed by atoms with Crippen LogP contribution in [0.1, 0.15) is 16.7 Å². The first kappa shape index (κ1) is 22.2. The van der Waals surface area contributed by atoms with Crippen LogP contribution in [-0.2, 0) is 20.3 Å². The molecule has 0 unspecified atom stereocenters. The molecule has 0 aliphatic carbocycles. The van der Waals surface area contributed by atoms with Crippen molar-refractivity contribution in [3.05, 3.63) is 106 Å². The van der Waals surface area contributed by atoms with Gasteiger partial charge in [-0.05, 0) is 41.8 Å². The Morgan fingerprint density at radius 1 is 0.794 bits per heavy atom. The minimum Gasteiger partial charge on any atom is -0.473 e. The van der Waals surface area contributed by atoms with Crippen LogP contribution in [0.25, 0.3) is 22.2 Å². The third-order valence-corrected chi connectivity index (χ3v) is 6.59. The highest BCUT2D eigenvalue weighted by atomic mass is 79.9. The highest BCUT2D eigenvalue weighted by molar-refractivity contribution is 9.10. The summed E-state index contributed by atoms with van der Waals surface area (Å²) in [5.41, 5.74) is 6.02. The van der Waals surface area contributed by atoms with Gasteiger partial charge >= 0.3 is 0 Å². The first-order valence-corrected chi connectivity index (χ1v) is 11.9. The van der Waals surface area contributed by atoms with Gasteiger partial charge < -0.3 is 9.47 Å². The first-order chi connectivity index (χ1) is 16.6. The Morgan fingerprint density at radius 3 is 2.12 bits per heavy atom. The number of halogens is 1. The zero-order valence-electron chi connectivity index (χ0n) is 19.0. The number of benzene rings is 3. The Balaban J connectivity index is 1.53. The third-order valence-electron chi connectivity index (χ3n) is 5.73. The fourth-order valence-electron chi connectivity index (χ4n) is 3.99. The fraction of sp³-hybridized carbons (Fsp3) is 0.143. The van der Waals surface area contributed by atoms with Gasteiger partial charge in [0.15, 0.2) is 0 Å². The van der Waals surface area contributed by atoms with Gasteiger partial charge in [-0.1, -0.05) is 76.6 Å². The molecule has 3 aromatic carbocycles. The number of aromatic nitrogens is 3. The fourth-order valence-corrected chi connectivity index (χ4v) is 4.31. The average Bonchev–Trinajstić information content (AvgIpc) is 3.21. The predicted octanol–water partition coefficient (Wildman–Crippen LogP) is 6.86. The van der Waals surface area contributed by atoms with Crippen LogP contribution in [0.5, 0.6) is 11.8 Å². The summed E-state index contributed by atoms with van der Waals surface area (Å²) in [4.78, 5) is 4.73. The van der Waals surface area contributed by atoms with Crippen LogP contribution in [0.2, 0.25) is 0 Å². The molecule has 5 rings (SSSR count). The molecule has 0 bridgehead atoms. The molecule has 2 aromatic heterocycles. The number of aryl methyl sites for hydroxylation is 2.